The largest absolute Gasteiger partial charge is 0.463 e. The minimum absolute atomic E-state index is 0.156. The van der Waals surface area contributed by atoms with Crippen LogP contribution in [-0.4, -0.2) is 30.6 Å². The van der Waals surface area contributed by atoms with Gasteiger partial charge in [-0.25, -0.2) is 4.79 Å². The van der Waals surface area contributed by atoms with E-state index < -0.39 is 5.60 Å². The number of Topliss-reactive ketones (excluding diaryl/α,β-unsaturated/α-hetero) is 1. The third-order valence-corrected chi connectivity index (χ3v) is 4.79. The van der Waals surface area contributed by atoms with Gasteiger partial charge in [-0.2, -0.15) is 0 Å². The molecule has 0 saturated heterocycles. The normalized spacial score (nSPS) is 28.2. The number of ether oxygens (including phenoxy) is 2. The monoisotopic (exact) mass is 322 g/mol. The summed E-state index contributed by atoms with van der Waals surface area (Å²) in [6.07, 6.45) is 6.67. The van der Waals surface area contributed by atoms with E-state index in [1.165, 1.54) is 6.08 Å². The summed E-state index contributed by atoms with van der Waals surface area (Å²) in [5.74, 6) is -0.334. The Labute approximate surface area is 139 Å². The van der Waals surface area contributed by atoms with E-state index in [9.17, 15) is 9.59 Å². The van der Waals surface area contributed by atoms with Gasteiger partial charge in [0.15, 0.2) is 0 Å². The molecular weight excluding hydrogens is 292 g/mol. The lowest BCUT2D eigenvalue weighted by atomic mass is 9.60. The third kappa shape index (κ3) is 4.31. The Morgan fingerprint density at radius 2 is 1.96 bits per heavy atom. The van der Waals surface area contributed by atoms with Crippen LogP contribution in [-0.2, 0) is 19.1 Å². The van der Waals surface area contributed by atoms with Crippen molar-refractivity contribution in [3.63, 3.8) is 0 Å². The van der Waals surface area contributed by atoms with Crippen molar-refractivity contribution in [3.05, 3.63) is 23.8 Å². The second kappa shape index (κ2) is 7.91. The lowest BCUT2D eigenvalue weighted by molar-refractivity contribution is -0.161. The molecule has 2 unspecified atom stereocenters. The van der Waals surface area contributed by atoms with Crippen LogP contribution in [0, 0.1) is 11.3 Å². The smallest absolute Gasteiger partial charge is 0.330 e. The van der Waals surface area contributed by atoms with Crippen LogP contribution in [0.5, 0.6) is 0 Å². The quantitative estimate of drug-likeness (QED) is 0.423. The number of hydrogen-bond acceptors (Lipinski definition) is 4. The van der Waals surface area contributed by atoms with Crippen LogP contribution in [0.25, 0.3) is 0 Å². The molecule has 0 N–H and O–H groups in total. The van der Waals surface area contributed by atoms with E-state index in [1.54, 1.807) is 6.92 Å². The molecule has 0 heterocycles. The molecule has 0 aromatic heterocycles. The van der Waals surface area contributed by atoms with Crippen LogP contribution in [0.15, 0.2) is 23.8 Å². The summed E-state index contributed by atoms with van der Waals surface area (Å²) < 4.78 is 11.0. The zero-order valence-corrected chi connectivity index (χ0v) is 15.3. The number of allylic oxidation sites excluding steroid dienone is 2. The fourth-order valence-electron chi connectivity index (χ4n) is 3.32. The standard InChI is InChI=1S/C19H30O4/c1-7-22-17(21)13-14(3)9-12-19(23-8-2)15(4)16(20)10-11-18(19,5)6/h9,12-13,15H,7-8,10-11H2,1-6H3. The first-order valence-corrected chi connectivity index (χ1v) is 8.41. The molecule has 0 aliphatic heterocycles. The van der Waals surface area contributed by atoms with Crippen molar-refractivity contribution in [2.45, 2.75) is 60.0 Å². The first kappa shape index (κ1) is 19.6. The van der Waals surface area contributed by atoms with Crippen molar-refractivity contribution >= 4 is 11.8 Å². The molecule has 0 radical (unpaired) electrons. The molecule has 1 saturated carbocycles. The second-order valence-electron chi connectivity index (χ2n) is 6.77. The van der Waals surface area contributed by atoms with Crippen LogP contribution in [0.3, 0.4) is 0 Å². The van der Waals surface area contributed by atoms with Crippen LogP contribution in [0.1, 0.15) is 54.4 Å². The topological polar surface area (TPSA) is 52.6 Å². The van der Waals surface area contributed by atoms with Gasteiger partial charge in [0.25, 0.3) is 0 Å². The van der Waals surface area contributed by atoms with Crippen molar-refractivity contribution in [1.29, 1.82) is 0 Å². The Bertz CT molecular complexity index is 501. The van der Waals surface area contributed by atoms with Crippen LogP contribution >= 0.6 is 0 Å². The highest BCUT2D eigenvalue weighted by molar-refractivity contribution is 5.84. The van der Waals surface area contributed by atoms with E-state index in [0.717, 1.165) is 12.0 Å². The number of hydrogen-bond donors (Lipinski definition) is 0. The SMILES string of the molecule is CCOC(=O)C=C(C)C=CC1(OCC)C(C)C(=O)CCC1(C)C. The van der Waals surface area contributed by atoms with Gasteiger partial charge in [0, 0.05) is 25.0 Å². The predicted molar refractivity (Wildman–Crippen MR) is 91.1 cm³/mol. The molecule has 1 rings (SSSR count). The zero-order valence-electron chi connectivity index (χ0n) is 15.3. The summed E-state index contributed by atoms with van der Waals surface area (Å²) in [6.45, 7) is 12.7. The lowest BCUT2D eigenvalue weighted by Gasteiger charge is -2.51. The summed E-state index contributed by atoms with van der Waals surface area (Å²) in [5.41, 5.74) is -0.0266. The number of carbonyl (C=O) groups excluding carboxylic acids is 2. The summed E-state index contributed by atoms with van der Waals surface area (Å²) in [5, 5.41) is 0. The van der Waals surface area contributed by atoms with Crippen molar-refractivity contribution in [2.24, 2.45) is 11.3 Å². The van der Waals surface area contributed by atoms with Crippen molar-refractivity contribution in [3.8, 4) is 0 Å². The minimum Gasteiger partial charge on any atom is -0.463 e. The Morgan fingerprint density at radius 3 is 2.52 bits per heavy atom. The first-order chi connectivity index (χ1) is 10.7. The number of rotatable bonds is 6. The third-order valence-electron chi connectivity index (χ3n) is 4.79. The van der Waals surface area contributed by atoms with Gasteiger partial charge >= 0.3 is 5.97 Å². The molecule has 0 amide bonds. The molecule has 1 aliphatic carbocycles. The molecular formula is C19H30O4. The molecule has 0 aromatic carbocycles. The van der Waals surface area contributed by atoms with E-state index >= 15 is 0 Å². The molecule has 0 bridgehead atoms. The van der Waals surface area contributed by atoms with E-state index in [4.69, 9.17) is 9.47 Å². The van der Waals surface area contributed by atoms with Crippen LogP contribution in [0.4, 0.5) is 0 Å². The molecule has 2 atom stereocenters. The summed E-state index contributed by atoms with van der Waals surface area (Å²) in [6, 6.07) is 0. The molecule has 23 heavy (non-hydrogen) atoms. The number of ketones is 1. The van der Waals surface area contributed by atoms with E-state index in [0.29, 0.717) is 19.6 Å². The second-order valence-corrected chi connectivity index (χ2v) is 6.77. The van der Waals surface area contributed by atoms with Gasteiger partial charge in [0.1, 0.15) is 11.4 Å². The summed E-state index contributed by atoms with van der Waals surface area (Å²) in [4.78, 5) is 23.8. The predicted octanol–water partition coefficient (Wildman–Crippen LogP) is 3.85. The van der Waals surface area contributed by atoms with Crippen molar-refractivity contribution < 1.29 is 19.1 Å². The van der Waals surface area contributed by atoms with Gasteiger partial charge in [-0.1, -0.05) is 32.9 Å². The van der Waals surface area contributed by atoms with Crippen LogP contribution in [0.2, 0.25) is 0 Å². The minimum atomic E-state index is -0.652. The molecule has 4 heteroatoms. The maximum atomic E-state index is 12.3. The Kier molecular flexibility index (Phi) is 6.75. The van der Waals surface area contributed by atoms with E-state index in [1.807, 2.05) is 32.9 Å². The van der Waals surface area contributed by atoms with Crippen molar-refractivity contribution in [1.82, 2.24) is 0 Å². The zero-order chi connectivity index (χ0) is 17.7. The molecule has 0 spiro atoms. The fraction of sp³-hybridized carbons (Fsp3) is 0.684. The Balaban J connectivity index is 3.15. The molecule has 1 aliphatic rings. The molecule has 4 nitrogen and oxygen atoms in total. The van der Waals surface area contributed by atoms with Gasteiger partial charge in [0.05, 0.1) is 6.61 Å². The van der Waals surface area contributed by atoms with E-state index in [-0.39, 0.29) is 23.1 Å². The Hall–Kier alpha value is -1.42. The molecule has 1 fully saturated rings. The first-order valence-electron chi connectivity index (χ1n) is 8.41. The van der Waals surface area contributed by atoms with Gasteiger partial charge in [-0.3, -0.25) is 4.79 Å². The number of esters is 1. The van der Waals surface area contributed by atoms with Gasteiger partial charge in [0.2, 0.25) is 0 Å². The summed E-state index contributed by atoms with van der Waals surface area (Å²) in [7, 11) is 0. The van der Waals surface area contributed by atoms with Gasteiger partial charge in [-0.15, -0.1) is 0 Å². The number of carbonyl (C=O) groups is 2. The highest BCUT2D eigenvalue weighted by Crippen LogP contribution is 2.49. The average Bonchev–Trinajstić information content (AvgIpc) is 2.47. The lowest BCUT2D eigenvalue weighted by Crippen LogP contribution is -2.56. The Morgan fingerprint density at radius 1 is 1.30 bits per heavy atom. The molecule has 0 aromatic rings. The average molecular weight is 322 g/mol. The van der Waals surface area contributed by atoms with Crippen LogP contribution < -0.4 is 0 Å². The van der Waals surface area contributed by atoms with Crippen molar-refractivity contribution in [2.75, 3.05) is 13.2 Å². The highest BCUT2D eigenvalue weighted by Gasteiger charge is 2.53. The maximum absolute atomic E-state index is 12.3. The van der Waals surface area contributed by atoms with Gasteiger partial charge < -0.3 is 9.47 Å². The fourth-order valence-corrected chi connectivity index (χ4v) is 3.32. The molecule has 130 valence electrons. The van der Waals surface area contributed by atoms with Gasteiger partial charge in [-0.05, 0) is 38.2 Å². The highest BCUT2D eigenvalue weighted by atomic mass is 16.5. The maximum Gasteiger partial charge on any atom is 0.330 e. The van der Waals surface area contributed by atoms with E-state index in [2.05, 4.69) is 13.8 Å². The summed E-state index contributed by atoms with van der Waals surface area (Å²) >= 11 is 0.